The number of imide groups is 1. The maximum atomic E-state index is 11.5. The van der Waals surface area contributed by atoms with Crippen LogP contribution in [0.4, 0.5) is 4.79 Å². The van der Waals surface area contributed by atoms with E-state index < -0.39 is 17.9 Å². The molecular weight excluding hydrogens is 274 g/mol. The fourth-order valence-electron chi connectivity index (χ4n) is 2.38. The van der Waals surface area contributed by atoms with Crippen molar-refractivity contribution in [1.29, 1.82) is 0 Å². The Morgan fingerprint density at radius 2 is 1.86 bits per heavy atom. The maximum absolute atomic E-state index is 11.5. The molecule has 0 unspecified atom stereocenters. The van der Waals surface area contributed by atoms with Crippen LogP contribution < -0.4 is 16.0 Å². The van der Waals surface area contributed by atoms with Crippen LogP contribution in [0.3, 0.4) is 0 Å². The largest absolute Gasteiger partial charge is 0.481 e. The van der Waals surface area contributed by atoms with E-state index in [0.717, 1.165) is 12.8 Å². The molecule has 0 aromatic rings. The van der Waals surface area contributed by atoms with Crippen LogP contribution in [0.1, 0.15) is 25.7 Å². The Hall–Kier alpha value is -1.89. The van der Waals surface area contributed by atoms with Gasteiger partial charge in [-0.2, -0.15) is 0 Å². The summed E-state index contributed by atoms with van der Waals surface area (Å²) in [5.41, 5.74) is 0. The minimum Gasteiger partial charge on any atom is -0.481 e. The minimum absolute atomic E-state index is 0.0698. The average molecular weight is 297 g/mol. The van der Waals surface area contributed by atoms with Gasteiger partial charge < -0.3 is 15.7 Å². The summed E-state index contributed by atoms with van der Waals surface area (Å²) in [5.74, 6) is -0.941. The van der Waals surface area contributed by atoms with Gasteiger partial charge in [0.05, 0.1) is 12.5 Å². The summed E-state index contributed by atoms with van der Waals surface area (Å²) in [6.07, 6.45) is 4.61. The molecule has 0 aromatic carbocycles. The van der Waals surface area contributed by atoms with Gasteiger partial charge in [-0.25, -0.2) is 4.79 Å². The summed E-state index contributed by atoms with van der Waals surface area (Å²) in [5, 5.41) is 16.6. The number of hydrogen-bond acceptors (Lipinski definition) is 4. The molecular formula is C14H23N3O4. The Bertz CT molecular complexity index is 390. The summed E-state index contributed by atoms with van der Waals surface area (Å²) < 4.78 is 0. The Labute approximate surface area is 124 Å². The zero-order valence-electron chi connectivity index (χ0n) is 12.1. The van der Waals surface area contributed by atoms with Gasteiger partial charge in [0.2, 0.25) is 5.91 Å². The second-order valence-electron chi connectivity index (χ2n) is 5.23. The van der Waals surface area contributed by atoms with Crippen molar-refractivity contribution in [3.05, 3.63) is 12.7 Å². The number of carbonyl (C=O) groups excluding carboxylic acids is 2. The van der Waals surface area contributed by atoms with Gasteiger partial charge in [0.25, 0.3) is 0 Å². The summed E-state index contributed by atoms with van der Waals surface area (Å²) in [4.78, 5) is 33.5. The number of carboxylic acid groups (broad SMARTS) is 1. The first-order valence-corrected chi connectivity index (χ1v) is 7.15. The minimum atomic E-state index is -0.716. The number of amides is 3. The predicted molar refractivity (Wildman–Crippen MR) is 77.7 cm³/mol. The first-order chi connectivity index (χ1) is 10.0. The Balaban J connectivity index is 2.11. The van der Waals surface area contributed by atoms with Gasteiger partial charge in [-0.05, 0) is 38.1 Å². The van der Waals surface area contributed by atoms with Crippen molar-refractivity contribution in [3.8, 4) is 0 Å². The summed E-state index contributed by atoms with van der Waals surface area (Å²) >= 11 is 0. The molecule has 0 heterocycles. The van der Waals surface area contributed by atoms with E-state index in [0.29, 0.717) is 31.8 Å². The zero-order chi connectivity index (χ0) is 15.7. The number of urea groups is 1. The van der Waals surface area contributed by atoms with E-state index in [2.05, 4.69) is 22.5 Å². The molecule has 7 nitrogen and oxygen atoms in total. The predicted octanol–water partition coefficient (Wildman–Crippen LogP) is 0.479. The maximum Gasteiger partial charge on any atom is 0.321 e. The monoisotopic (exact) mass is 297 g/mol. The van der Waals surface area contributed by atoms with Crippen molar-refractivity contribution in [3.63, 3.8) is 0 Å². The van der Waals surface area contributed by atoms with Gasteiger partial charge in [0.1, 0.15) is 0 Å². The highest BCUT2D eigenvalue weighted by Crippen LogP contribution is 2.28. The van der Waals surface area contributed by atoms with E-state index >= 15 is 0 Å². The number of rotatable bonds is 7. The van der Waals surface area contributed by atoms with E-state index in [-0.39, 0.29) is 12.5 Å². The van der Waals surface area contributed by atoms with Gasteiger partial charge in [0, 0.05) is 6.54 Å². The molecule has 3 amide bonds. The van der Waals surface area contributed by atoms with Crippen LogP contribution in [0.25, 0.3) is 0 Å². The van der Waals surface area contributed by atoms with Crippen molar-refractivity contribution >= 4 is 17.9 Å². The van der Waals surface area contributed by atoms with Gasteiger partial charge in [-0.1, -0.05) is 6.08 Å². The fraction of sp³-hybridized carbons (Fsp3) is 0.643. The van der Waals surface area contributed by atoms with E-state index in [1.54, 1.807) is 0 Å². The fourth-order valence-corrected chi connectivity index (χ4v) is 2.38. The number of hydrogen-bond donors (Lipinski definition) is 4. The molecule has 0 spiro atoms. The van der Waals surface area contributed by atoms with Crippen molar-refractivity contribution in [2.75, 3.05) is 19.6 Å². The Morgan fingerprint density at radius 3 is 2.43 bits per heavy atom. The van der Waals surface area contributed by atoms with Crippen LogP contribution in [-0.4, -0.2) is 42.6 Å². The lowest BCUT2D eigenvalue weighted by Crippen LogP contribution is -2.44. The SMILES string of the molecule is C=CCNC(=O)NC(=O)CNCC1CCC(C(=O)O)CC1. The number of carbonyl (C=O) groups is 3. The Kier molecular flexibility index (Phi) is 7.45. The number of carboxylic acids is 1. The highest BCUT2D eigenvalue weighted by molar-refractivity contribution is 5.95. The number of nitrogens with one attached hydrogen (secondary N) is 3. The standard InChI is InChI=1S/C14H23N3O4/c1-2-7-16-14(21)17-12(18)9-15-8-10-3-5-11(6-4-10)13(19)20/h2,10-11,15H,1,3-9H2,(H,19,20)(H2,16,17,18,21). The molecule has 7 heteroatoms. The first kappa shape index (κ1) is 17.2. The van der Waals surface area contributed by atoms with Crippen LogP contribution in [-0.2, 0) is 9.59 Å². The van der Waals surface area contributed by atoms with E-state index in [1.807, 2.05) is 0 Å². The Morgan fingerprint density at radius 1 is 1.19 bits per heavy atom. The third-order valence-corrected chi connectivity index (χ3v) is 3.57. The van der Waals surface area contributed by atoms with E-state index in [1.165, 1.54) is 6.08 Å². The lowest BCUT2D eigenvalue weighted by atomic mass is 9.82. The topological polar surface area (TPSA) is 108 Å². The quantitative estimate of drug-likeness (QED) is 0.511. The second kappa shape index (κ2) is 9.12. The highest BCUT2D eigenvalue weighted by atomic mass is 16.4. The molecule has 0 saturated heterocycles. The molecule has 1 aliphatic carbocycles. The zero-order valence-corrected chi connectivity index (χ0v) is 12.1. The molecule has 1 fully saturated rings. The molecule has 0 bridgehead atoms. The van der Waals surface area contributed by atoms with Gasteiger partial charge in [0.15, 0.2) is 0 Å². The van der Waals surface area contributed by atoms with Gasteiger partial charge in [-0.15, -0.1) is 6.58 Å². The average Bonchev–Trinajstić information content (AvgIpc) is 2.45. The third kappa shape index (κ3) is 6.89. The third-order valence-electron chi connectivity index (χ3n) is 3.57. The summed E-state index contributed by atoms with van der Waals surface area (Å²) in [7, 11) is 0. The van der Waals surface area contributed by atoms with Crippen LogP contribution in [0.15, 0.2) is 12.7 Å². The smallest absolute Gasteiger partial charge is 0.321 e. The summed E-state index contributed by atoms with van der Waals surface area (Å²) in [6.45, 7) is 4.49. The lowest BCUT2D eigenvalue weighted by Gasteiger charge is -2.26. The normalized spacial score (nSPS) is 21.3. The van der Waals surface area contributed by atoms with Gasteiger partial charge >= 0.3 is 12.0 Å². The molecule has 1 rings (SSSR count). The molecule has 0 aromatic heterocycles. The van der Waals surface area contributed by atoms with Gasteiger partial charge in [-0.3, -0.25) is 14.9 Å². The van der Waals surface area contributed by atoms with Crippen LogP contribution in [0.2, 0.25) is 0 Å². The molecule has 0 aliphatic heterocycles. The molecule has 0 atom stereocenters. The van der Waals surface area contributed by atoms with Crippen LogP contribution >= 0.6 is 0 Å². The first-order valence-electron chi connectivity index (χ1n) is 7.15. The highest BCUT2D eigenvalue weighted by Gasteiger charge is 2.25. The van der Waals surface area contributed by atoms with Crippen molar-refractivity contribution in [1.82, 2.24) is 16.0 Å². The van der Waals surface area contributed by atoms with Crippen molar-refractivity contribution < 1.29 is 19.5 Å². The molecule has 1 aliphatic rings. The van der Waals surface area contributed by atoms with E-state index in [9.17, 15) is 14.4 Å². The lowest BCUT2D eigenvalue weighted by molar-refractivity contribution is -0.143. The van der Waals surface area contributed by atoms with Crippen LogP contribution in [0.5, 0.6) is 0 Å². The summed E-state index contributed by atoms with van der Waals surface area (Å²) in [6, 6.07) is -0.538. The molecule has 4 N–H and O–H groups in total. The molecule has 21 heavy (non-hydrogen) atoms. The van der Waals surface area contributed by atoms with Crippen molar-refractivity contribution in [2.24, 2.45) is 11.8 Å². The number of aliphatic carboxylic acids is 1. The van der Waals surface area contributed by atoms with Crippen molar-refractivity contribution in [2.45, 2.75) is 25.7 Å². The molecule has 118 valence electrons. The van der Waals surface area contributed by atoms with Crippen LogP contribution in [0, 0.1) is 11.8 Å². The second-order valence-corrected chi connectivity index (χ2v) is 5.23. The van der Waals surface area contributed by atoms with E-state index in [4.69, 9.17) is 5.11 Å². The molecule has 1 saturated carbocycles. The molecule has 0 radical (unpaired) electrons.